The number of ether oxygens (including phenoxy) is 2. The maximum Gasteiger partial charge on any atom is 0.196 e. The number of hydrogen-bond donors (Lipinski definition) is 5. The third-order valence-corrected chi connectivity index (χ3v) is 13.0. The number of benzene rings is 2. The number of hydrogen-bond acceptors (Lipinski definition) is 11. The molecule has 8 aliphatic rings. The maximum absolute atomic E-state index is 12.4. The smallest absolute Gasteiger partial charge is 0.196 e. The summed E-state index contributed by atoms with van der Waals surface area (Å²) in [6.07, 6.45) is 6.57. The summed E-state index contributed by atoms with van der Waals surface area (Å²) in [6, 6.07) is 7.27. The number of likely N-dealkylation sites (tertiary alicyclic amines) is 2. The Morgan fingerprint density at radius 1 is 0.830 bits per heavy atom. The molecule has 6 N–H and O–H groups in total. The molecule has 1 saturated carbocycles. The first-order valence-corrected chi connectivity index (χ1v) is 16.7. The molecule has 4 aliphatic heterocycles. The van der Waals surface area contributed by atoms with Gasteiger partial charge in [0.1, 0.15) is 11.7 Å². The first-order chi connectivity index (χ1) is 22.5. The minimum atomic E-state index is -1.13. The number of aromatic hydroxyl groups is 2. The van der Waals surface area contributed by atoms with E-state index >= 15 is 0 Å². The normalized spacial score (nSPS) is 40.2. The Hall–Kier alpha value is -3.48. The van der Waals surface area contributed by atoms with Gasteiger partial charge in [-0.05, 0) is 108 Å². The maximum atomic E-state index is 12.4. The van der Waals surface area contributed by atoms with E-state index in [4.69, 9.17) is 9.47 Å². The van der Waals surface area contributed by atoms with Crippen molar-refractivity contribution in [1.82, 2.24) is 9.80 Å². The van der Waals surface area contributed by atoms with Crippen molar-refractivity contribution in [3.63, 3.8) is 0 Å². The van der Waals surface area contributed by atoms with Crippen LogP contribution in [0, 0.1) is 0 Å². The molecule has 4 heterocycles. The average molecular weight is 645 g/mol. The second-order valence-corrected chi connectivity index (χ2v) is 14.4. The van der Waals surface area contributed by atoms with E-state index < -0.39 is 28.1 Å². The molecule has 47 heavy (non-hydrogen) atoms. The third-order valence-electron chi connectivity index (χ3n) is 13.0. The zero-order chi connectivity index (χ0) is 33.3. The third kappa shape index (κ3) is 3.44. The molecule has 2 unspecified atom stereocenters. The number of ketones is 1. The molecule has 8 atom stereocenters. The topological polar surface area (TPSA) is 161 Å². The predicted octanol–water partition coefficient (Wildman–Crippen LogP) is 1.34. The Kier molecular flexibility index (Phi) is 6.57. The molecule has 0 radical (unpaired) electrons. The Bertz CT molecular complexity index is 1760. The summed E-state index contributed by atoms with van der Waals surface area (Å²) in [6.45, 7) is 1.72. The van der Waals surface area contributed by atoms with Gasteiger partial charge >= 0.3 is 0 Å². The summed E-state index contributed by atoms with van der Waals surface area (Å²) in [5, 5.41) is 43.9. The minimum absolute atomic E-state index is 0.0510. The van der Waals surface area contributed by atoms with Crippen LogP contribution < -0.4 is 15.2 Å². The largest absolute Gasteiger partial charge is 0.504 e. The zero-order valence-corrected chi connectivity index (χ0v) is 27.4. The second-order valence-electron chi connectivity index (χ2n) is 14.4. The quantitative estimate of drug-likeness (QED) is 0.283. The van der Waals surface area contributed by atoms with Gasteiger partial charge in [-0.15, -0.1) is 0 Å². The number of phenols is 2. The van der Waals surface area contributed by atoms with E-state index in [1.54, 1.807) is 25.3 Å². The second kappa shape index (κ2) is 10.0. The van der Waals surface area contributed by atoms with E-state index in [0.717, 1.165) is 54.8 Å². The Balaban J connectivity index is 0.000000131. The lowest BCUT2D eigenvalue weighted by atomic mass is 9.49. The molecule has 4 bridgehead atoms. The van der Waals surface area contributed by atoms with Crippen molar-refractivity contribution in [2.75, 3.05) is 41.3 Å². The first kappa shape index (κ1) is 30.8. The number of nitrogens with two attached hydrogens (primary N) is 1. The molecule has 250 valence electrons. The van der Waals surface area contributed by atoms with E-state index in [0.29, 0.717) is 30.8 Å². The van der Waals surface area contributed by atoms with E-state index in [-0.39, 0.29) is 35.5 Å². The van der Waals surface area contributed by atoms with Crippen molar-refractivity contribution >= 4 is 11.5 Å². The van der Waals surface area contributed by atoms with Crippen LogP contribution in [-0.2, 0) is 28.5 Å². The molecule has 4 aliphatic carbocycles. The van der Waals surface area contributed by atoms with Crippen molar-refractivity contribution in [1.29, 1.82) is 0 Å². The standard InChI is InChI=1S/C18H22N2O3.C17H17NO4.CH5N/c1-19-11-5-6-18(22)13-9-10-3-4-12(21)15-14(10)17(18,16(11)23-15)7-8-20(13)2;1-18-7-6-16-13-9-2-3-10(19)14(13)22-15(16)11(20)4-5-17(16,21)12(18)8-9;1-2/h3-4,13,16,21-22H,5-9H2,1-2H3;2-5,12,15,19,21H,6-8H2,1H3;2H2,1H3/t13-,16?,17+,18-;12-,15?,16+,17-;/m11./s1. The molecule has 0 amide bonds. The summed E-state index contributed by atoms with van der Waals surface area (Å²) in [7, 11) is 7.42. The molecule has 2 aromatic rings. The molecule has 0 aromatic heterocycles. The van der Waals surface area contributed by atoms with Crippen molar-refractivity contribution in [2.24, 2.45) is 10.7 Å². The van der Waals surface area contributed by atoms with Crippen molar-refractivity contribution in [2.45, 2.75) is 84.8 Å². The van der Waals surface area contributed by atoms with Crippen LogP contribution >= 0.6 is 0 Å². The van der Waals surface area contributed by atoms with Crippen LogP contribution in [0.15, 0.2) is 41.4 Å². The van der Waals surface area contributed by atoms with Gasteiger partial charge in [-0.2, -0.15) is 0 Å². The number of rotatable bonds is 0. The SMILES string of the molecule is CN.CN1CC[C@]23c4c5ccc(O)c4OC2C(=O)C=C[C@@]3(O)[C@H]1C5.CN=C1CC[C@@]2(O)[C@H]3Cc4ccc(O)c5c4[C@@]2(CCN3C)C1O5. The van der Waals surface area contributed by atoms with Crippen LogP contribution in [0.1, 0.15) is 47.9 Å². The van der Waals surface area contributed by atoms with E-state index in [2.05, 4.69) is 27.6 Å². The number of nitrogens with zero attached hydrogens (tertiary/aromatic N) is 3. The Morgan fingerprint density at radius 2 is 1.38 bits per heavy atom. The monoisotopic (exact) mass is 644 g/mol. The van der Waals surface area contributed by atoms with Crippen LogP contribution in [0.5, 0.6) is 23.0 Å². The number of likely N-dealkylation sites (N-methyl/N-ethyl adjacent to an activating group) is 2. The fourth-order valence-electron chi connectivity index (χ4n) is 10.9. The van der Waals surface area contributed by atoms with Crippen molar-refractivity contribution in [3.8, 4) is 23.0 Å². The number of carbonyl (C=O) groups is 1. The fraction of sp³-hybridized carbons (Fsp3) is 0.556. The summed E-state index contributed by atoms with van der Waals surface area (Å²) in [5.41, 5.74) is 6.52. The fourth-order valence-corrected chi connectivity index (χ4v) is 10.9. The van der Waals surface area contributed by atoms with Crippen molar-refractivity contribution < 1.29 is 34.7 Å². The van der Waals surface area contributed by atoms with Gasteiger partial charge in [0.25, 0.3) is 0 Å². The highest BCUT2D eigenvalue weighted by molar-refractivity contribution is 5.99. The zero-order valence-electron chi connectivity index (χ0n) is 27.4. The van der Waals surface area contributed by atoms with E-state index in [1.807, 2.05) is 19.2 Å². The minimum Gasteiger partial charge on any atom is -0.504 e. The van der Waals surface area contributed by atoms with Crippen molar-refractivity contribution in [3.05, 3.63) is 58.7 Å². The first-order valence-electron chi connectivity index (χ1n) is 16.7. The van der Waals surface area contributed by atoms with Gasteiger partial charge in [0.05, 0.1) is 22.1 Å². The number of aliphatic imine (C=N–C) groups is 1. The highest BCUT2D eigenvalue weighted by Crippen LogP contribution is 2.65. The van der Waals surface area contributed by atoms with Gasteiger partial charge in [-0.1, -0.05) is 12.1 Å². The molecular formula is C36H44N4O7. The number of phenolic OH excluding ortho intramolecular Hbond substituents is 2. The molecule has 3 fully saturated rings. The lowest BCUT2D eigenvalue weighted by Gasteiger charge is -2.62. The van der Waals surface area contributed by atoms with Crippen LogP contribution in [0.2, 0.25) is 0 Å². The molecule has 2 aromatic carbocycles. The van der Waals surface area contributed by atoms with Crippen LogP contribution in [0.25, 0.3) is 0 Å². The highest BCUT2D eigenvalue weighted by Gasteiger charge is 2.73. The predicted molar refractivity (Wildman–Crippen MR) is 175 cm³/mol. The van der Waals surface area contributed by atoms with Gasteiger partial charge in [-0.25, -0.2) is 0 Å². The van der Waals surface area contributed by atoms with Gasteiger partial charge in [0.2, 0.25) is 0 Å². The van der Waals surface area contributed by atoms with Crippen LogP contribution in [0.4, 0.5) is 0 Å². The summed E-state index contributed by atoms with van der Waals surface area (Å²) < 4.78 is 12.1. The average Bonchev–Trinajstić information content (AvgIpc) is 3.61. The Morgan fingerprint density at radius 3 is 2.02 bits per heavy atom. The highest BCUT2D eigenvalue weighted by atomic mass is 16.5. The molecule has 11 nitrogen and oxygen atoms in total. The molecular weight excluding hydrogens is 600 g/mol. The summed E-state index contributed by atoms with van der Waals surface area (Å²) in [5.74, 6) is 1.08. The molecule has 11 heteroatoms. The van der Waals surface area contributed by atoms with Gasteiger partial charge in [0.15, 0.2) is 34.9 Å². The number of aliphatic hydroxyl groups is 2. The molecule has 2 spiro atoms. The van der Waals surface area contributed by atoms with Gasteiger partial charge in [0, 0.05) is 30.3 Å². The summed E-state index contributed by atoms with van der Waals surface area (Å²) >= 11 is 0. The van der Waals surface area contributed by atoms with Crippen LogP contribution in [-0.4, -0.2) is 118 Å². The van der Waals surface area contributed by atoms with Gasteiger partial charge in [-0.3, -0.25) is 14.7 Å². The lowest BCUT2D eigenvalue weighted by molar-refractivity contribution is -0.160. The Labute approximate surface area is 274 Å². The number of carbonyl (C=O) groups excluding carboxylic acids is 1. The van der Waals surface area contributed by atoms with E-state index in [9.17, 15) is 25.2 Å². The van der Waals surface area contributed by atoms with E-state index in [1.165, 1.54) is 18.7 Å². The molecule has 2 saturated heterocycles. The lowest BCUT2D eigenvalue weighted by Crippen LogP contribution is -2.76. The summed E-state index contributed by atoms with van der Waals surface area (Å²) in [4.78, 5) is 21.4. The van der Waals surface area contributed by atoms with Gasteiger partial charge < -0.3 is 40.5 Å². The number of piperidine rings is 2. The molecule has 10 rings (SSSR count). The van der Waals surface area contributed by atoms with Crippen LogP contribution in [0.3, 0.4) is 0 Å².